The molecule has 0 aromatic carbocycles. The third-order valence-electron chi connectivity index (χ3n) is 6.75. The highest BCUT2D eigenvalue weighted by atomic mass is 16.3. The van der Waals surface area contributed by atoms with Gasteiger partial charge in [0, 0.05) is 6.61 Å². The summed E-state index contributed by atoms with van der Waals surface area (Å²) in [5, 5.41) is 19.0. The molecule has 0 spiro atoms. The maximum atomic E-state index is 9.99. The van der Waals surface area contributed by atoms with E-state index >= 15 is 0 Å². The number of rotatable bonds is 5. The lowest BCUT2D eigenvalue weighted by Gasteiger charge is -2.57. The summed E-state index contributed by atoms with van der Waals surface area (Å²) >= 11 is 0. The number of aliphatic hydroxyl groups is 2. The van der Waals surface area contributed by atoms with E-state index in [0.29, 0.717) is 23.9 Å². The molecule has 1 fully saturated rings. The van der Waals surface area contributed by atoms with E-state index in [-0.39, 0.29) is 12.0 Å². The van der Waals surface area contributed by atoms with E-state index in [1.807, 2.05) is 6.08 Å². The van der Waals surface area contributed by atoms with Crippen LogP contribution in [0.5, 0.6) is 0 Å². The van der Waals surface area contributed by atoms with Gasteiger partial charge in [0.15, 0.2) is 0 Å². The van der Waals surface area contributed by atoms with Gasteiger partial charge in [-0.3, -0.25) is 0 Å². The Kier molecular flexibility index (Phi) is 5.55. The Hall–Kier alpha value is -0.600. The van der Waals surface area contributed by atoms with Crippen molar-refractivity contribution in [1.29, 1.82) is 0 Å². The summed E-state index contributed by atoms with van der Waals surface area (Å²) in [5.41, 5.74) is 3.23. The predicted molar refractivity (Wildman–Crippen MR) is 92.6 cm³/mol. The molecule has 0 bridgehead atoms. The minimum Gasteiger partial charge on any atom is -0.396 e. The summed E-state index contributed by atoms with van der Waals surface area (Å²) in [6.07, 6.45) is 11.4. The van der Waals surface area contributed by atoms with Gasteiger partial charge in [-0.05, 0) is 68.6 Å². The molecule has 0 aromatic rings. The lowest BCUT2D eigenvalue weighted by molar-refractivity contribution is -0.0738. The molecule has 0 unspecified atom stereocenters. The van der Waals surface area contributed by atoms with Crippen LogP contribution in [0.4, 0.5) is 0 Å². The van der Waals surface area contributed by atoms with Crippen molar-refractivity contribution >= 4 is 0 Å². The highest BCUT2D eigenvalue weighted by Crippen LogP contribution is 2.60. The maximum absolute atomic E-state index is 9.99. The second-order valence-corrected chi connectivity index (χ2v) is 8.23. The molecule has 2 aliphatic rings. The molecule has 2 N–H and O–H groups in total. The lowest BCUT2D eigenvalue weighted by Crippen LogP contribution is -2.50. The van der Waals surface area contributed by atoms with Gasteiger partial charge in [-0.2, -0.15) is 0 Å². The molecular formula is C20H34O2. The minimum absolute atomic E-state index is 0.0818. The normalized spacial score (nSPS) is 39.4. The van der Waals surface area contributed by atoms with Crippen molar-refractivity contribution in [1.82, 2.24) is 0 Å². The first-order valence-electron chi connectivity index (χ1n) is 8.91. The van der Waals surface area contributed by atoms with E-state index in [0.717, 1.165) is 19.3 Å². The topological polar surface area (TPSA) is 40.5 Å². The Morgan fingerprint density at radius 3 is 2.68 bits per heavy atom. The van der Waals surface area contributed by atoms with Crippen LogP contribution in [0, 0.1) is 22.7 Å². The van der Waals surface area contributed by atoms with Crippen molar-refractivity contribution in [2.45, 2.75) is 66.2 Å². The maximum Gasteiger partial charge on any atom is 0.0614 e. The first-order valence-corrected chi connectivity index (χ1v) is 8.91. The Balaban J connectivity index is 2.23. The van der Waals surface area contributed by atoms with Crippen LogP contribution in [-0.4, -0.2) is 23.4 Å². The zero-order chi connectivity index (χ0) is 16.4. The predicted octanol–water partition coefficient (Wildman–Crippen LogP) is 4.48. The largest absolute Gasteiger partial charge is 0.396 e. The third kappa shape index (κ3) is 3.19. The summed E-state index contributed by atoms with van der Waals surface area (Å²) < 4.78 is 0. The standard InChI is InChI=1S/C20H34O2/c1-15(10-13-21)6-8-17-16(2)7-9-18-19(3,14-22)11-5-12-20(17,18)4/h7,10,17-18,21-22H,5-6,8-9,11-14H2,1-4H3/b15-10+/t17-,18-,19-,20-/m1/s1. The minimum atomic E-state index is 0.0818. The van der Waals surface area contributed by atoms with Crippen LogP contribution in [0.15, 0.2) is 23.3 Å². The molecule has 1 saturated carbocycles. The van der Waals surface area contributed by atoms with E-state index in [9.17, 15) is 5.11 Å². The molecule has 0 amide bonds. The monoisotopic (exact) mass is 306 g/mol. The van der Waals surface area contributed by atoms with Crippen molar-refractivity contribution in [3.63, 3.8) is 0 Å². The molecule has 126 valence electrons. The lowest BCUT2D eigenvalue weighted by atomic mass is 9.48. The molecule has 0 aromatic heterocycles. The van der Waals surface area contributed by atoms with Crippen LogP contribution in [0.2, 0.25) is 0 Å². The number of allylic oxidation sites excluding steroid dienone is 3. The molecule has 22 heavy (non-hydrogen) atoms. The average Bonchev–Trinajstić information content (AvgIpc) is 2.46. The first kappa shape index (κ1) is 17.7. The van der Waals surface area contributed by atoms with Gasteiger partial charge in [0.05, 0.1) is 6.61 Å². The second kappa shape index (κ2) is 6.88. The van der Waals surface area contributed by atoms with E-state index in [2.05, 4.69) is 33.8 Å². The smallest absolute Gasteiger partial charge is 0.0614 e. The number of hydrogen-bond donors (Lipinski definition) is 2. The molecule has 2 heteroatoms. The number of hydrogen-bond acceptors (Lipinski definition) is 2. The molecule has 0 radical (unpaired) electrons. The fourth-order valence-corrected chi connectivity index (χ4v) is 5.33. The van der Waals surface area contributed by atoms with Crippen LogP contribution >= 0.6 is 0 Å². The molecule has 2 aliphatic carbocycles. The van der Waals surface area contributed by atoms with Gasteiger partial charge in [-0.15, -0.1) is 0 Å². The summed E-state index contributed by atoms with van der Waals surface area (Å²) in [7, 11) is 0. The molecule has 0 aliphatic heterocycles. The Morgan fingerprint density at radius 2 is 2.05 bits per heavy atom. The van der Waals surface area contributed by atoms with E-state index < -0.39 is 0 Å². The summed E-state index contributed by atoms with van der Waals surface area (Å²) in [6.45, 7) is 9.64. The zero-order valence-electron chi connectivity index (χ0n) is 14.9. The van der Waals surface area contributed by atoms with Crippen LogP contribution in [0.25, 0.3) is 0 Å². The van der Waals surface area contributed by atoms with Gasteiger partial charge in [0.25, 0.3) is 0 Å². The van der Waals surface area contributed by atoms with Crippen LogP contribution < -0.4 is 0 Å². The van der Waals surface area contributed by atoms with Crippen molar-refractivity contribution in [2.75, 3.05) is 13.2 Å². The molecule has 4 atom stereocenters. The number of aliphatic hydroxyl groups excluding tert-OH is 2. The summed E-state index contributed by atoms with van der Waals surface area (Å²) in [4.78, 5) is 0. The Labute approximate surface area is 136 Å². The van der Waals surface area contributed by atoms with E-state index in [4.69, 9.17) is 5.11 Å². The third-order valence-corrected chi connectivity index (χ3v) is 6.75. The van der Waals surface area contributed by atoms with Crippen molar-refractivity contribution < 1.29 is 10.2 Å². The highest BCUT2D eigenvalue weighted by molar-refractivity contribution is 5.19. The van der Waals surface area contributed by atoms with Gasteiger partial charge >= 0.3 is 0 Å². The second-order valence-electron chi connectivity index (χ2n) is 8.23. The molecule has 2 nitrogen and oxygen atoms in total. The van der Waals surface area contributed by atoms with Gasteiger partial charge in [0.1, 0.15) is 0 Å². The fraction of sp³-hybridized carbons (Fsp3) is 0.800. The van der Waals surface area contributed by atoms with Gasteiger partial charge in [-0.25, -0.2) is 0 Å². The quantitative estimate of drug-likeness (QED) is 0.735. The summed E-state index contributed by atoms with van der Waals surface area (Å²) in [5.74, 6) is 1.20. The van der Waals surface area contributed by atoms with E-state index in [1.54, 1.807) is 0 Å². The molecule has 0 heterocycles. The molecule has 0 saturated heterocycles. The zero-order valence-corrected chi connectivity index (χ0v) is 14.9. The SMILES string of the molecule is CC1=CC[C@@H]2[C@@](C)(CO)CCC[C@]2(C)[C@@H]1CC/C(C)=C/CO. The van der Waals surface area contributed by atoms with Crippen LogP contribution in [0.1, 0.15) is 66.2 Å². The van der Waals surface area contributed by atoms with Crippen molar-refractivity contribution in [3.05, 3.63) is 23.3 Å². The van der Waals surface area contributed by atoms with Crippen molar-refractivity contribution in [2.24, 2.45) is 22.7 Å². The van der Waals surface area contributed by atoms with E-state index in [1.165, 1.54) is 30.4 Å². The Morgan fingerprint density at radius 1 is 1.32 bits per heavy atom. The van der Waals surface area contributed by atoms with Gasteiger partial charge in [-0.1, -0.05) is 43.6 Å². The summed E-state index contributed by atoms with van der Waals surface area (Å²) in [6, 6.07) is 0. The highest BCUT2D eigenvalue weighted by Gasteiger charge is 2.52. The average molecular weight is 306 g/mol. The number of fused-ring (bicyclic) bond motifs is 1. The molecule has 2 rings (SSSR count). The van der Waals surface area contributed by atoms with Crippen LogP contribution in [-0.2, 0) is 0 Å². The Bertz CT molecular complexity index is 451. The molecular weight excluding hydrogens is 272 g/mol. The van der Waals surface area contributed by atoms with Crippen molar-refractivity contribution in [3.8, 4) is 0 Å². The van der Waals surface area contributed by atoms with Gasteiger partial charge in [0.2, 0.25) is 0 Å². The van der Waals surface area contributed by atoms with Gasteiger partial charge < -0.3 is 10.2 Å². The van der Waals surface area contributed by atoms with Crippen LogP contribution in [0.3, 0.4) is 0 Å². The fourth-order valence-electron chi connectivity index (χ4n) is 5.33. The first-order chi connectivity index (χ1) is 10.4.